The maximum absolute atomic E-state index is 11.6. The fourth-order valence-electron chi connectivity index (χ4n) is 1.58. The van der Waals surface area contributed by atoms with Gasteiger partial charge < -0.3 is 4.74 Å². The number of hydrogen-bond donors (Lipinski definition) is 0. The number of hydrogen-bond acceptors (Lipinski definition) is 3. The molecule has 1 heterocycles. The summed E-state index contributed by atoms with van der Waals surface area (Å²) in [4.78, 5) is 16.1. The highest BCUT2D eigenvalue weighted by Gasteiger charge is 2.13. The van der Waals surface area contributed by atoms with Gasteiger partial charge in [-0.05, 0) is 24.3 Å². The number of methoxy groups -OCH3 is 1. The van der Waals surface area contributed by atoms with E-state index in [9.17, 15) is 4.79 Å². The molecule has 0 radical (unpaired) electrons. The molecule has 88 valence electrons. The number of pyridine rings is 1. The van der Waals surface area contributed by atoms with E-state index in [0.717, 1.165) is 15.4 Å². The van der Waals surface area contributed by atoms with Crippen LogP contribution in [0.5, 0.6) is 0 Å². The Morgan fingerprint density at radius 3 is 2.82 bits per heavy atom. The summed E-state index contributed by atoms with van der Waals surface area (Å²) in [5.41, 5.74) is 2.04. The zero-order valence-corrected chi connectivity index (χ0v) is 12.2. The number of nitrogens with zero attached hydrogens (tertiary/aromatic N) is 1. The fraction of sp³-hybridized carbons (Fsp3) is 0.167. The van der Waals surface area contributed by atoms with Crippen molar-refractivity contribution in [1.29, 1.82) is 0 Å². The average Bonchev–Trinajstić information content (AvgIpc) is 2.36. The van der Waals surface area contributed by atoms with Crippen LogP contribution in [0.25, 0.3) is 10.9 Å². The molecule has 0 aliphatic rings. The maximum Gasteiger partial charge on any atom is 0.339 e. The first-order valence-corrected chi connectivity index (χ1v) is 6.80. The van der Waals surface area contributed by atoms with Crippen molar-refractivity contribution in [2.75, 3.05) is 7.11 Å². The van der Waals surface area contributed by atoms with Gasteiger partial charge >= 0.3 is 5.97 Å². The zero-order valence-electron chi connectivity index (χ0n) is 9.04. The second-order valence-electron chi connectivity index (χ2n) is 3.44. The van der Waals surface area contributed by atoms with E-state index < -0.39 is 0 Å². The van der Waals surface area contributed by atoms with Crippen LogP contribution in [0.3, 0.4) is 0 Å². The number of halogens is 2. The van der Waals surface area contributed by atoms with Crippen LogP contribution >= 0.6 is 31.9 Å². The summed E-state index contributed by atoms with van der Waals surface area (Å²) in [5.74, 6) is -0.367. The van der Waals surface area contributed by atoms with Crippen LogP contribution in [0.2, 0.25) is 0 Å². The Balaban J connectivity index is 2.69. The largest absolute Gasteiger partial charge is 0.465 e. The van der Waals surface area contributed by atoms with E-state index >= 15 is 0 Å². The molecule has 0 unspecified atom stereocenters. The van der Waals surface area contributed by atoms with E-state index in [1.807, 2.05) is 18.2 Å². The molecule has 1 aromatic carbocycles. The van der Waals surface area contributed by atoms with Crippen molar-refractivity contribution in [1.82, 2.24) is 4.98 Å². The number of fused-ring (bicyclic) bond motifs is 1. The van der Waals surface area contributed by atoms with E-state index in [2.05, 4.69) is 36.8 Å². The predicted molar refractivity (Wildman–Crippen MR) is 73.4 cm³/mol. The number of carbonyl (C=O) groups is 1. The number of benzene rings is 1. The van der Waals surface area contributed by atoms with Crippen molar-refractivity contribution in [2.24, 2.45) is 0 Å². The minimum Gasteiger partial charge on any atom is -0.465 e. The first kappa shape index (κ1) is 12.5. The van der Waals surface area contributed by atoms with Crippen LogP contribution in [-0.4, -0.2) is 18.1 Å². The first-order chi connectivity index (χ1) is 8.15. The van der Waals surface area contributed by atoms with Gasteiger partial charge in [0, 0.05) is 15.2 Å². The zero-order chi connectivity index (χ0) is 12.4. The lowest BCUT2D eigenvalue weighted by atomic mass is 10.1. The molecule has 1 aromatic heterocycles. The Labute approximate surface area is 115 Å². The summed E-state index contributed by atoms with van der Waals surface area (Å²) in [6, 6.07) is 7.56. The van der Waals surface area contributed by atoms with Crippen molar-refractivity contribution in [3.8, 4) is 0 Å². The fourth-order valence-corrected chi connectivity index (χ4v) is 2.38. The lowest BCUT2D eigenvalue weighted by Crippen LogP contribution is -2.06. The van der Waals surface area contributed by atoms with Gasteiger partial charge in [-0.2, -0.15) is 0 Å². The Kier molecular flexibility index (Phi) is 3.79. The molecule has 0 bridgehead atoms. The van der Waals surface area contributed by atoms with Gasteiger partial charge in [0.15, 0.2) is 0 Å². The minimum atomic E-state index is -0.367. The van der Waals surface area contributed by atoms with E-state index in [4.69, 9.17) is 4.74 Å². The van der Waals surface area contributed by atoms with Crippen molar-refractivity contribution in [3.05, 3.63) is 40.0 Å². The molecule has 5 heteroatoms. The summed E-state index contributed by atoms with van der Waals surface area (Å²) in [5, 5.41) is 1.42. The van der Waals surface area contributed by atoms with Gasteiger partial charge in [-0.3, -0.25) is 4.98 Å². The average molecular weight is 359 g/mol. The van der Waals surface area contributed by atoms with Crippen molar-refractivity contribution < 1.29 is 9.53 Å². The van der Waals surface area contributed by atoms with Crippen LogP contribution in [0, 0.1) is 0 Å². The van der Waals surface area contributed by atoms with E-state index in [0.29, 0.717) is 16.6 Å². The smallest absolute Gasteiger partial charge is 0.339 e. The molecule has 0 aliphatic carbocycles. The van der Waals surface area contributed by atoms with Gasteiger partial charge in [-0.15, -0.1) is 0 Å². The second kappa shape index (κ2) is 5.14. The molecular formula is C12H9Br2NO2. The second-order valence-corrected chi connectivity index (χ2v) is 4.92. The number of carbonyl (C=O) groups excluding carboxylic acids is 1. The Bertz CT molecular complexity index is 584. The van der Waals surface area contributed by atoms with Crippen LogP contribution in [-0.2, 0) is 10.1 Å². The molecule has 0 aliphatic heterocycles. The molecular weight excluding hydrogens is 350 g/mol. The molecule has 2 rings (SSSR count). The molecule has 3 nitrogen and oxygen atoms in total. The Morgan fingerprint density at radius 1 is 1.41 bits per heavy atom. The van der Waals surface area contributed by atoms with Gasteiger partial charge in [-0.25, -0.2) is 4.79 Å². The summed E-state index contributed by atoms with van der Waals surface area (Å²) >= 11 is 6.72. The van der Waals surface area contributed by atoms with Gasteiger partial charge in [0.25, 0.3) is 0 Å². The third-order valence-electron chi connectivity index (χ3n) is 2.39. The molecule has 2 aromatic rings. The number of alkyl halides is 1. The molecule has 0 amide bonds. The number of aromatic nitrogens is 1. The monoisotopic (exact) mass is 357 g/mol. The van der Waals surface area contributed by atoms with E-state index in [-0.39, 0.29) is 5.97 Å². The highest BCUT2D eigenvalue weighted by Crippen LogP contribution is 2.22. The summed E-state index contributed by atoms with van der Waals surface area (Å²) in [6.07, 6.45) is 0. The summed E-state index contributed by atoms with van der Waals surface area (Å²) in [7, 11) is 1.37. The number of rotatable bonds is 2. The minimum absolute atomic E-state index is 0.367. The molecule has 17 heavy (non-hydrogen) atoms. The quantitative estimate of drug-likeness (QED) is 0.607. The first-order valence-electron chi connectivity index (χ1n) is 4.89. The highest BCUT2D eigenvalue weighted by molar-refractivity contribution is 9.10. The SMILES string of the molecule is COC(=O)c1cc2cc(Br)ccc2nc1CBr. The van der Waals surface area contributed by atoms with Crippen LogP contribution in [0.1, 0.15) is 16.1 Å². The molecule has 0 atom stereocenters. The van der Waals surface area contributed by atoms with Crippen molar-refractivity contribution in [2.45, 2.75) is 5.33 Å². The van der Waals surface area contributed by atoms with E-state index in [1.165, 1.54) is 7.11 Å². The van der Waals surface area contributed by atoms with Crippen LogP contribution < -0.4 is 0 Å². The number of ether oxygens (including phenoxy) is 1. The summed E-state index contributed by atoms with van der Waals surface area (Å²) < 4.78 is 5.70. The summed E-state index contributed by atoms with van der Waals surface area (Å²) in [6.45, 7) is 0. The van der Waals surface area contributed by atoms with Crippen molar-refractivity contribution >= 4 is 48.7 Å². The molecule has 0 fully saturated rings. The Morgan fingerprint density at radius 2 is 2.18 bits per heavy atom. The topological polar surface area (TPSA) is 39.2 Å². The molecule has 0 saturated carbocycles. The molecule has 0 N–H and O–H groups in total. The lowest BCUT2D eigenvalue weighted by molar-refractivity contribution is 0.0599. The van der Waals surface area contributed by atoms with Gasteiger partial charge in [0.1, 0.15) is 0 Å². The maximum atomic E-state index is 11.6. The third-order valence-corrected chi connectivity index (χ3v) is 3.41. The van der Waals surface area contributed by atoms with Gasteiger partial charge in [0.2, 0.25) is 0 Å². The number of esters is 1. The lowest BCUT2D eigenvalue weighted by Gasteiger charge is -2.07. The van der Waals surface area contributed by atoms with Crippen LogP contribution in [0.4, 0.5) is 0 Å². The third kappa shape index (κ3) is 2.50. The van der Waals surface area contributed by atoms with Crippen molar-refractivity contribution in [3.63, 3.8) is 0 Å². The Hall–Kier alpha value is -0.940. The highest BCUT2D eigenvalue weighted by atomic mass is 79.9. The van der Waals surface area contributed by atoms with E-state index in [1.54, 1.807) is 6.07 Å². The van der Waals surface area contributed by atoms with Gasteiger partial charge in [-0.1, -0.05) is 31.9 Å². The predicted octanol–water partition coefficient (Wildman–Crippen LogP) is 3.68. The standard InChI is InChI=1S/C12H9Br2NO2/c1-17-12(16)9-5-7-4-8(14)2-3-10(7)15-11(9)6-13/h2-5H,6H2,1H3. The normalized spacial score (nSPS) is 10.5. The van der Waals surface area contributed by atoms with Crippen LogP contribution in [0.15, 0.2) is 28.7 Å². The molecule has 0 spiro atoms. The molecule has 0 saturated heterocycles. The van der Waals surface area contributed by atoms with Gasteiger partial charge in [0.05, 0.1) is 23.9 Å².